The van der Waals surface area contributed by atoms with Crippen molar-refractivity contribution in [3.63, 3.8) is 0 Å². The highest BCUT2D eigenvalue weighted by Crippen LogP contribution is 2.22. The van der Waals surface area contributed by atoms with Gasteiger partial charge in [-0.25, -0.2) is 54.8 Å². The number of primary amides is 1. The number of aliphatic hydroxyl groups excluding tert-OH is 1. The maximum atomic E-state index is 12.1. The number of methoxy groups -OCH3 is 3. The molecule has 0 aromatic carbocycles. The second-order valence-electron chi connectivity index (χ2n) is 29.3. The van der Waals surface area contributed by atoms with Gasteiger partial charge in [0.1, 0.15) is 6.73 Å². The highest BCUT2D eigenvalue weighted by molar-refractivity contribution is 7.17. The molecule has 0 spiro atoms. The molecule has 0 saturated heterocycles. The number of nitrogens with zero attached hydrogens (tertiary/aromatic N) is 16. The van der Waals surface area contributed by atoms with Gasteiger partial charge in [0.2, 0.25) is 0 Å². The Morgan fingerprint density at radius 2 is 0.644 bits per heavy atom. The molecule has 135 heavy (non-hydrogen) atoms. The first kappa shape index (κ1) is 123. The van der Waals surface area contributed by atoms with E-state index in [1.54, 1.807) is 121 Å². The van der Waals surface area contributed by atoms with Gasteiger partial charge in [-0.1, -0.05) is 13.8 Å². The minimum Gasteiger partial charge on any atom is -0.481 e. The molecule has 0 saturated carbocycles. The molecule has 11 rings (SSSR count). The molecule has 11 aromatic heterocycles. The molecule has 0 aliphatic heterocycles. The van der Waals surface area contributed by atoms with Gasteiger partial charge < -0.3 is 70.4 Å². The van der Waals surface area contributed by atoms with E-state index in [2.05, 4.69) is 96.3 Å². The number of Topliss-reactive ketones (excluding diaryl/α,β-unsaturated/α-hetero) is 5. The summed E-state index contributed by atoms with van der Waals surface area (Å²) in [7, 11) is 18.1. The zero-order valence-corrected chi connectivity index (χ0v) is 90.0. The van der Waals surface area contributed by atoms with E-state index in [1.165, 1.54) is 128 Å². The maximum absolute atomic E-state index is 12.1. The number of thiazole rings is 11. The molecule has 0 atom stereocenters. The van der Waals surface area contributed by atoms with Gasteiger partial charge >= 0.3 is 11.9 Å². The van der Waals surface area contributed by atoms with Gasteiger partial charge in [-0.2, -0.15) is 0 Å². The number of aliphatic hydroxyl groups is 1. The molecule has 36 nitrogen and oxygen atoms in total. The molecule has 0 unspecified atom stereocenters. The third-order valence-electron chi connectivity index (χ3n) is 15.9. The van der Waals surface area contributed by atoms with Crippen LogP contribution in [0.1, 0.15) is 226 Å². The van der Waals surface area contributed by atoms with Crippen molar-refractivity contribution in [2.24, 2.45) is 5.73 Å². The van der Waals surface area contributed by atoms with Gasteiger partial charge in [0.25, 0.3) is 23.6 Å². The topological polar surface area (TPSA) is 484 Å². The number of anilines is 2. The Kier molecular flexibility index (Phi) is 64.9. The molecule has 0 aliphatic rings. The van der Waals surface area contributed by atoms with Crippen LogP contribution in [0.15, 0.2) is 68.2 Å². The molecule has 0 fully saturated rings. The van der Waals surface area contributed by atoms with Gasteiger partial charge in [0.15, 0.2) is 84.2 Å². The van der Waals surface area contributed by atoms with E-state index in [9.17, 15) is 52.7 Å². The molecule has 0 aliphatic carbocycles. The first-order valence-electron chi connectivity index (χ1n) is 42.1. The lowest BCUT2D eigenvalue weighted by atomic mass is 10.2. The molecule has 7 N–H and O–H groups in total. The summed E-state index contributed by atoms with van der Waals surface area (Å²) >= 11 is 15.9. The molecular formula is C88H129N19O17S11. The Labute approximate surface area is 834 Å². The number of carbonyl (C=O) groups is 11. The summed E-state index contributed by atoms with van der Waals surface area (Å²) in [5, 5.41) is 38.1. The van der Waals surface area contributed by atoms with Crippen molar-refractivity contribution in [3.05, 3.63) is 167 Å². The Morgan fingerprint density at radius 3 is 0.933 bits per heavy atom. The quantitative estimate of drug-likeness (QED) is 0.0118. The fourth-order valence-electron chi connectivity index (χ4n) is 9.27. The molecule has 4 amide bonds. The molecule has 0 radical (unpaired) electrons. The lowest BCUT2D eigenvalue weighted by Crippen LogP contribution is -2.36. The number of hydrogen-bond donors (Lipinski definition) is 6. The monoisotopic (exact) mass is 2080 g/mol. The fourth-order valence-corrected chi connectivity index (χ4v) is 17.2. The van der Waals surface area contributed by atoms with Crippen LogP contribution in [0.5, 0.6) is 0 Å². The van der Waals surface area contributed by atoms with Crippen molar-refractivity contribution in [2.75, 3.05) is 147 Å². The van der Waals surface area contributed by atoms with Crippen molar-refractivity contribution >= 4 is 199 Å². The number of nitrogens with one attached hydrogen (secondary N) is 2. The number of carboxylic acid groups (broad SMARTS) is 2. The number of rotatable bonds is 39. The number of nitrogens with two attached hydrogens (primary N) is 1. The van der Waals surface area contributed by atoms with Crippen molar-refractivity contribution in [1.82, 2.24) is 79.3 Å². The smallest absolute Gasteiger partial charge is 0.305 e. The first-order valence-corrected chi connectivity index (χ1v) is 51.1. The van der Waals surface area contributed by atoms with Crippen LogP contribution in [0, 0.1) is 76.2 Å². The SMILES string of the molecule is CCC(=O)c1ncc(C)s1.CCCC(=O)c1ncc(C)s1.COCCN(CCOC)C(=O)c1ncc(C)s1.COCN(C)C(=O)c1ncc(C)s1.Cc1cnc(C(=O)CCC(=O)O)s1.Cc1cnc(C(=O)CCCN(C)C)s1.Cc1cnc(C(=O)CCCO)s1.Cc1cnc(C(=O)N(C)C)s1.Cc1cnc(C(N)=O)s1.Cc1cnc(NCCC(=O)O)s1.Cc1cnc(NCCCN(C)C)s1. The zero-order chi connectivity index (χ0) is 102. The number of carbonyl (C=O) groups excluding carboxylic acids is 9. The Morgan fingerprint density at radius 1 is 0.341 bits per heavy atom. The third-order valence-corrected chi connectivity index (χ3v) is 26.0. The van der Waals surface area contributed by atoms with Crippen LogP contribution in [-0.2, 0) is 23.8 Å². The van der Waals surface area contributed by atoms with Crippen LogP contribution in [-0.4, -0.2) is 296 Å². The second kappa shape index (κ2) is 71.0. The number of aliphatic carboxylic acids is 2. The second-order valence-corrected chi connectivity index (χ2v) is 42.9. The molecule has 744 valence electrons. The summed E-state index contributed by atoms with van der Waals surface area (Å²) in [6.07, 6.45) is 24.6. The van der Waals surface area contributed by atoms with E-state index in [0.717, 1.165) is 97.9 Å². The lowest BCUT2D eigenvalue weighted by Gasteiger charge is -2.20. The molecule has 11 aromatic rings. The summed E-state index contributed by atoms with van der Waals surface area (Å²) < 4.78 is 14.8. The van der Waals surface area contributed by atoms with E-state index in [-0.39, 0.29) is 79.2 Å². The number of ketones is 5. The van der Waals surface area contributed by atoms with Crippen LogP contribution >= 0.6 is 125 Å². The normalized spacial score (nSPS) is 10.1. The predicted molar refractivity (Wildman–Crippen MR) is 546 cm³/mol. The van der Waals surface area contributed by atoms with Crippen LogP contribution < -0.4 is 16.4 Å². The minimum absolute atomic E-state index is 0.0249. The Bertz CT molecular complexity index is 5260. The number of amides is 4. The summed E-state index contributed by atoms with van der Waals surface area (Å²) in [6.45, 7) is 31.2. The van der Waals surface area contributed by atoms with Crippen molar-refractivity contribution in [2.45, 2.75) is 161 Å². The van der Waals surface area contributed by atoms with Crippen LogP contribution in [0.2, 0.25) is 0 Å². The molecule has 0 bridgehead atoms. The largest absolute Gasteiger partial charge is 0.481 e. The van der Waals surface area contributed by atoms with E-state index in [4.69, 9.17) is 35.3 Å². The van der Waals surface area contributed by atoms with Gasteiger partial charge in [0.05, 0.1) is 26.1 Å². The fraction of sp³-hybridized carbons (Fsp3) is 0.500. The lowest BCUT2D eigenvalue weighted by molar-refractivity contribution is -0.137. The van der Waals surface area contributed by atoms with Crippen LogP contribution in [0.4, 0.5) is 10.3 Å². The standard InChI is InChI=1S/C11H18N2O3S.C10H16N2OS.C9H17N3S.C8H12N2O2S.C8H9NO3S.C8H11NO2S.C8H11NOS.C7H10N2O2S.C7H10N2OS.C7H9NOS.C5H6N2OS/c1-9-8-12-10(17-9)11(14)13(4-6-15-2)5-7-16-3;1-8-7-11-10(14-8)9(13)5-4-6-12(2)3;1-8-7-11-9(13-8)10-5-4-6-12(2)3;1-6-4-9-7(13-6)8(11)10(2)5-12-3;1-5-4-9-8(13-5)6(10)2-3-7(11)12;1-6-5-9-8(12-6)7(11)3-2-4-10;1-3-4-7(10)8-9-5-6(2)11-8;1-5-4-9-7(12-5)8-3-2-6(10)11;1-5-4-8-6(11-5)7(10)9(2)3;1-3-6(9)7-8-4-5(2)10-7;1-3-2-7-5(9-3)4(6)8/h8H,4-7H2,1-3H3;7H,4-6H2,1-3H3;7H,4-6H2,1-3H3,(H,10,11);4H,5H2,1-3H3;4H,2-3H2,1H3,(H,11,12);5,10H,2-4H2,1H3;5H,3-4H2,1-2H3;4H,2-3H2,1H3,(H,8,9)(H,10,11);4H,1-3H3;4H,3H2,1-2H3;2H,1H3,(H2,6,8). The van der Waals surface area contributed by atoms with Crippen molar-refractivity contribution in [3.8, 4) is 0 Å². The first-order chi connectivity index (χ1) is 63.9. The summed E-state index contributed by atoms with van der Waals surface area (Å²) in [4.78, 5) is 187. The molecular weight excluding hydrogens is 1950 g/mol. The summed E-state index contributed by atoms with van der Waals surface area (Å²) in [5.41, 5.74) is 4.94. The highest BCUT2D eigenvalue weighted by Gasteiger charge is 2.21. The number of carboxylic acids is 2. The number of aromatic nitrogens is 11. The number of hydrogen-bond acceptors (Lipinski definition) is 41. The zero-order valence-electron chi connectivity index (χ0n) is 81.0. The van der Waals surface area contributed by atoms with Gasteiger partial charge in [-0.05, 0) is 143 Å². The Balaban J connectivity index is 0.000000745. The van der Waals surface area contributed by atoms with Crippen LogP contribution in [0.25, 0.3) is 0 Å². The molecule has 11 heterocycles. The summed E-state index contributed by atoms with van der Waals surface area (Å²) in [6, 6.07) is 0. The average molecular weight is 2080 g/mol. The third kappa shape index (κ3) is 56.7. The minimum atomic E-state index is -0.957. The highest BCUT2D eigenvalue weighted by atomic mass is 32.1. The van der Waals surface area contributed by atoms with E-state index < -0.39 is 17.8 Å². The maximum Gasteiger partial charge on any atom is 0.305 e. The van der Waals surface area contributed by atoms with Crippen LogP contribution in [0.3, 0.4) is 0 Å². The molecule has 47 heteroatoms. The Hall–Kier alpha value is -9.54. The number of aryl methyl sites for hydroxylation is 11. The summed E-state index contributed by atoms with van der Waals surface area (Å²) in [5.74, 6) is -2.07. The number of ether oxygens (including phenoxy) is 3. The van der Waals surface area contributed by atoms with E-state index in [0.29, 0.717) is 110 Å². The predicted octanol–water partition coefficient (Wildman–Crippen LogP) is 16.5. The van der Waals surface area contributed by atoms with Crippen molar-refractivity contribution in [1.29, 1.82) is 0 Å². The van der Waals surface area contributed by atoms with E-state index >= 15 is 0 Å². The van der Waals surface area contributed by atoms with Crippen molar-refractivity contribution < 1.29 is 82.3 Å². The van der Waals surface area contributed by atoms with Gasteiger partial charge in [-0.15, -0.1) is 125 Å². The van der Waals surface area contributed by atoms with Gasteiger partial charge in [0, 0.05) is 229 Å². The van der Waals surface area contributed by atoms with E-state index in [1.807, 2.05) is 103 Å². The average Bonchev–Trinajstić information content (AvgIpc) is 1.72. The van der Waals surface area contributed by atoms with Gasteiger partial charge in [-0.3, -0.25) is 52.7 Å².